The number of nitrogens with zero attached hydrogens (tertiary/aromatic N) is 7. The quantitative estimate of drug-likeness (QED) is 0.271. The number of amides is 1. The van der Waals surface area contributed by atoms with Gasteiger partial charge in [0.2, 0.25) is 17.9 Å². The number of carbonyl (C=O) groups excluding carboxylic acids is 1. The van der Waals surface area contributed by atoms with Crippen LogP contribution in [0.5, 0.6) is 5.88 Å². The molecule has 1 aromatic carbocycles. The Hall–Kier alpha value is -4.31. The number of nitrogens with two attached hydrogens (primary N) is 1. The second kappa shape index (κ2) is 14.0. The zero-order chi connectivity index (χ0) is 37.5. The summed E-state index contributed by atoms with van der Waals surface area (Å²) in [6.45, 7) is 8.26. The minimum Gasteiger partial charge on any atom is -0.479 e. The van der Waals surface area contributed by atoms with Crippen LogP contribution in [0.4, 0.5) is 29.7 Å². The number of carboxylic acid groups (broad SMARTS) is 1. The summed E-state index contributed by atoms with van der Waals surface area (Å²) in [5.74, 6) is -1.51. The van der Waals surface area contributed by atoms with Crippen molar-refractivity contribution in [2.45, 2.75) is 76.8 Å². The Morgan fingerprint density at radius 1 is 1.12 bits per heavy atom. The van der Waals surface area contributed by atoms with Crippen molar-refractivity contribution in [1.82, 2.24) is 29.5 Å². The first kappa shape index (κ1) is 37.9. The SMILES string of the molecule is Cc1ccn(-c2cc(Cl)ccc2C(Oc2cc(N3CCC4(CC3)CN(C(=O)OC(C)(C)C)[C@@](CCN(C)C)(C(=O)O)C4)nc(N)n2)C(F)(F)F)n1. The second-order valence-electron chi connectivity index (χ2n) is 14.7. The van der Waals surface area contributed by atoms with Crippen molar-refractivity contribution in [3.63, 3.8) is 0 Å². The Balaban J connectivity index is 1.40. The van der Waals surface area contributed by atoms with Crippen LogP contribution in [0.2, 0.25) is 5.02 Å². The molecule has 5 rings (SSSR count). The number of hydrogen-bond acceptors (Lipinski definition) is 10. The van der Waals surface area contributed by atoms with Crippen LogP contribution >= 0.6 is 11.6 Å². The molecule has 4 heterocycles. The molecule has 0 radical (unpaired) electrons. The highest BCUT2D eigenvalue weighted by Gasteiger charge is 2.60. The van der Waals surface area contributed by atoms with Crippen LogP contribution in [0, 0.1) is 12.3 Å². The third kappa shape index (κ3) is 8.43. The highest BCUT2D eigenvalue weighted by atomic mass is 35.5. The fourth-order valence-corrected chi connectivity index (χ4v) is 7.02. The average Bonchev–Trinajstić information content (AvgIpc) is 3.60. The van der Waals surface area contributed by atoms with Crippen LogP contribution in [0.3, 0.4) is 0 Å². The number of benzene rings is 1. The van der Waals surface area contributed by atoms with E-state index in [4.69, 9.17) is 26.8 Å². The molecular weight excluding hydrogens is 693 g/mol. The standard InChI is InChI=1S/C34H44ClF3N8O5/c1-21-9-13-46(42-21)24-17-22(35)7-8-23(24)27(34(36,37)38)50-26-18-25(40-29(39)41-26)44-15-10-32(11-16-44)19-33(28(47)48,12-14-43(5)6)45(20-32)30(49)51-31(2,3)4/h7-9,13,17-18,27H,10-12,14-16,19-20H2,1-6H3,(H,47,48)(H2,39,40,41)/t27?,33-/m1/s1. The lowest BCUT2D eigenvalue weighted by Gasteiger charge is -2.40. The predicted molar refractivity (Wildman–Crippen MR) is 184 cm³/mol. The lowest BCUT2D eigenvalue weighted by Crippen LogP contribution is -2.55. The molecular formula is C34H44ClF3N8O5. The van der Waals surface area contributed by atoms with E-state index >= 15 is 0 Å². The Morgan fingerprint density at radius 2 is 1.80 bits per heavy atom. The van der Waals surface area contributed by atoms with Gasteiger partial charge in [0.15, 0.2) is 0 Å². The van der Waals surface area contributed by atoms with E-state index in [1.807, 2.05) is 23.9 Å². The largest absolute Gasteiger partial charge is 0.479 e. The summed E-state index contributed by atoms with van der Waals surface area (Å²) in [5, 5.41) is 15.1. The van der Waals surface area contributed by atoms with Crippen LogP contribution in [-0.2, 0) is 9.53 Å². The third-order valence-electron chi connectivity index (χ3n) is 9.30. The molecule has 3 N–H and O–H groups in total. The van der Waals surface area contributed by atoms with Gasteiger partial charge in [0.1, 0.15) is 17.0 Å². The van der Waals surface area contributed by atoms with Gasteiger partial charge in [0.25, 0.3) is 0 Å². The fourth-order valence-electron chi connectivity index (χ4n) is 6.86. The molecule has 1 amide bonds. The van der Waals surface area contributed by atoms with E-state index in [0.717, 1.165) is 0 Å². The Bertz CT molecular complexity index is 1760. The molecule has 2 fully saturated rings. The maximum atomic E-state index is 14.7. The van der Waals surface area contributed by atoms with Crippen molar-refractivity contribution in [3.05, 3.63) is 52.8 Å². The van der Waals surface area contributed by atoms with Crippen LogP contribution in [0.1, 0.15) is 63.8 Å². The summed E-state index contributed by atoms with van der Waals surface area (Å²) in [6, 6.07) is 6.91. The van der Waals surface area contributed by atoms with Gasteiger partial charge in [0.05, 0.1) is 11.4 Å². The minimum absolute atomic E-state index is 0.0847. The second-order valence-corrected chi connectivity index (χ2v) is 15.1. The van der Waals surface area contributed by atoms with Gasteiger partial charge < -0.3 is 30.1 Å². The predicted octanol–water partition coefficient (Wildman–Crippen LogP) is 5.89. The topological polar surface area (TPSA) is 152 Å². The smallest absolute Gasteiger partial charge is 0.429 e. The van der Waals surface area contributed by atoms with E-state index in [2.05, 4.69) is 15.1 Å². The van der Waals surface area contributed by atoms with Crippen molar-refractivity contribution in [2.24, 2.45) is 5.41 Å². The summed E-state index contributed by atoms with van der Waals surface area (Å²) in [7, 11) is 3.68. The first-order valence-electron chi connectivity index (χ1n) is 16.5. The van der Waals surface area contributed by atoms with Crippen LogP contribution in [-0.4, -0.2) is 104 Å². The number of nitrogen functional groups attached to an aromatic ring is 1. The molecule has 1 unspecified atom stereocenters. The highest BCUT2D eigenvalue weighted by molar-refractivity contribution is 6.30. The number of ether oxygens (including phenoxy) is 2. The molecule has 2 atom stereocenters. The molecule has 0 bridgehead atoms. The Kier molecular flexibility index (Phi) is 10.4. The van der Waals surface area contributed by atoms with Gasteiger partial charge in [-0.2, -0.15) is 28.2 Å². The molecule has 2 aromatic heterocycles. The lowest BCUT2D eigenvalue weighted by molar-refractivity contribution is -0.198. The third-order valence-corrected chi connectivity index (χ3v) is 9.53. The van der Waals surface area contributed by atoms with E-state index in [0.29, 0.717) is 38.2 Å². The van der Waals surface area contributed by atoms with E-state index in [1.54, 1.807) is 33.8 Å². The summed E-state index contributed by atoms with van der Waals surface area (Å²) < 4.78 is 56.5. The van der Waals surface area contributed by atoms with Crippen molar-refractivity contribution in [3.8, 4) is 11.6 Å². The van der Waals surface area contributed by atoms with Gasteiger partial charge in [0, 0.05) is 49.0 Å². The van der Waals surface area contributed by atoms with E-state index in [1.165, 1.54) is 40.0 Å². The van der Waals surface area contributed by atoms with Gasteiger partial charge in [-0.3, -0.25) is 4.90 Å². The van der Waals surface area contributed by atoms with E-state index in [-0.39, 0.29) is 53.3 Å². The summed E-state index contributed by atoms with van der Waals surface area (Å²) in [6.07, 6.45) is -5.08. The van der Waals surface area contributed by atoms with Gasteiger partial charge in [-0.15, -0.1) is 0 Å². The lowest BCUT2D eigenvalue weighted by atomic mass is 9.73. The van der Waals surface area contributed by atoms with Gasteiger partial charge in [-0.1, -0.05) is 17.7 Å². The van der Waals surface area contributed by atoms with E-state index < -0.39 is 40.9 Å². The van der Waals surface area contributed by atoms with Gasteiger partial charge in [-0.25, -0.2) is 14.3 Å². The minimum atomic E-state index is -4.87. The Labute approximate surface area is 299 Å². The highest BCUT2D eigenvalue weighted by Crippen LogP contribution is 2.51. The van der Waals surface area contributed by atoms with Crippen molar-refractivity contribution >= 4 is 35.4 Å². The van der Waals surface area contributed by atoms with Crippen molar-refractivity contribution < 1.29 is 37.3 Å². The van der Waals surface area contributed by atoms with Crippen LogP contribution in [0.15, 0.2) is 36.5 Å². The number of rotatable bonds is 9. The van der Waals surface area contributed by atoms with E-state index in [9.17, 15) is 27.9 Å². The van der Waals surface area contributed by atoms with Gasteiger partial charge >= 0.3 is 18.2 Å². The summed E-state index contributed by atoms with van der Waals surface area (Å²) in [5.41, 5.74) is 3.60. The number of aryl methyl sites for hydroxylation is 1. The number of aliphatic carboxylic acids is 1. The van der Waals surface area contributed by atoms with Crippen molar-refractivity contribution in [2.75, 3.05) is 50.9 Å². The number of hydrogen-bond donors (Lipinski definition) is 2. The molecule has 17 heteroatoms. The number of anilines is 2. The van der Waals surface area contributed by atoms with Crippen LogP contribution < -0.4 is 15.4 Å². The van der Waals surface area contributed by atoms with Gasteiger partial charge in [-0.05, 0) is 91.1 Å². The molecule has 2 aliphatic rings. The maximum Gasteiger partial charge on any atom is 0.429 e. The molecule has 13 nitrogen and oxygen atoms in total. The number of aromatic nitrogens is 4. The number of alkyl halides is 3. The monoisotopic (exact) mass is 736 g/mol. The molecule has 2 saturated heterocycles. The first-order valence-corrected chi connectivity index (χ1v) is 16.9. The molecule has 1 spiro atoms. The zero-order valence-corrected chi connectivity index (χ0v) is 30.3. The van der Waals surface area contributed by atoms with Crippen LogP contribution in [0.25, 0.3) is 5.69 Å². The number of likely N-dealkylation sites (tertiary alicyclic amines) is 1. The molecule has 51 heavy (non-hydrogen) atoms. The Morgan fingerprint density at radius 3 is 2.37 bits per heavy atom. The number of carboxylic acids is 1. The average molecular weight is 737 g/mol. The summed E-state index contributed by atoms with van der Waals surface area (Å²) >= 11 is 6.17. The molecule has 0 saturated carbocycles. The number of halogens is 4. The normalized spacial score (nSPS) is 19.8. The summed E-state index contributed by atoms with van der Waals surface area (Å²) in [4.78, 5) is 39.8. The molecule has 2 aliphatic heterocycles. The number of carbonyl (C=O) groups is 2. The maximum absolute atomic E-state index is 14.7. The van der Waals surface area contributed by atoms with Crippen molar-refractivity contribution in [1.29, 1.82) is 0 Å². The first-order chi connectivity index (χ1) is 23.7. The molecule has 3 aromatic rings. The zero-order valence-electron chi connectivity index (χ0n) is 29.5. The number of piperidine rings is 1. The fraction of sp³-hybridized carbons (Fsp3) is 0.559. The molecule has 0 aliphatic carbocycles. The molecule has 278 valence electrons.